The average Bonchev–Trinajstić information content (AvgIpc) is 2.36. The Bertz CT molecular complexity index is 632. The number of halogens is 2. The SMILES string of the molecule is Cc1cc(Br)c(F)cc1Nc1ccc(C(=O)O)nn1. The van der Waals surface area contributed by atoms with Crippen molar-refractivity contribution in [1.82, 2.24) is 10.2 Å². The Morgan fingerprint density at radius 2 is 2.11 bits per heavy atom. The Balaban J connectivity index is 2.26. The van der Waals surface area contributed by atoms with Gasteiger partial charge in [-0.25, -0.2) is 9.18 Å². The summed E-state index contributed by atoms with van der Waals surface area (Å²) in [5.74, 6) is -1.21. The fraction of sp³-hybridized carbons (Fsp3) is 0.0833. The minimum atomic E-state index is -1.15. The molecule has 0 atom stereocenters. The molecule has 0 spiro atoms. The molecule has 7 heteroatoms. The van der Waals surface area contributed by atoms with E-state index in [9.17, 15) is 9.18 Å². The van der Waals surface area contributed by atoms with Crippen LogP contribution in [0.5, 0.6) is 0 Å². The number of nitrogens with one attached hydrogen (secondary N) is 1. The lowest BCUT2D eigenvalue weighted by Gasteiger charge is -2.09. The summed E-state index contributed by atoms with van der Waals surface area (Å²) in [6.45, 7) is 1.81. The molecule has 0 saturated carbocycles. The molecule has 1 heterocycles. The molecule has 0 aliphatic heterocycles. The topological polar surface area (TPSA) is 75.1 Å². The zero-order chi connectivity index (χ0) is 14.0. The van der Waals surface area contributed by atoms with E-state index in [-0.39, 0.29) is 5.69 Å². The maximum atomic E-state index is 13.4. The van der Waals surface area contributed by atoms with Crippen LogP contribution in [0, 0.1) is 12.7 Å². The Labute approximate surface area is 116 Å². The second kappa shape index (κ2) is 5.31. The summed E-state index contributed by atoms with van der Waals surface area (Å²) in [6, 6.07) is 5.75. The Morgan fingerprint density at radius 3 is 2.68 bits per heavy atom. The number of aromatic nitrogens is 2. The number of carbonyl (C=O) groups is 1. The van der Waals surface area contributed by atoms with Gasteiger partial charge in [-0.15, -0.1) is 10.2 Å². The van der Waals surface area contributed by atoms with Crippen LogP contribution in [0.1, 0.15) is 16.1 Å². The largest absolute Gasteiger partial charge is 0.476 e. The third kappa shape index (κ3) is 3.05. The summed E-state index contributed by atoms with van der Waals surface area (Å²) in [4.78, 5) is 10.6. The van der Waals surface area contributed by atoms with Crippen molar-refractivity contribution in [2.24, 2.45) is 0 Å². The zero-order valence-electron chi connectivity index (χ0n) is 9.82. The van der Waals surface area contributed by atoms with Gasteiger partial charge in [-0.05, 0) is 52.7 Å². The van der Waals surface area contributed by atoms with Gasteiger partial charge in [0.05, 0.1) is 4.47 Å². The van der Waals surface area contributed by atoms with Crippen molar-refractivity contribution >= 4 is 33.4 Å². The Morgan fingerprint density at radius 1 is 1.37 bits per heavy atom. The van der Waals surface area contributed by atoms with E-state index in [1.54, 1.807) is 6.07 Å². The van der Waals surface area contributed by atoms with Crippen LogP contribution < -0.4 is 5.32 Å². The van der Waals surface area contributed by atoms with Gasteiger partial charge in [0.2, 0.25) is 0 Å². The van der Waals surface area contributed by atoms with Gasteiger partial charge in [0.1, 0.15) is 5.82 Å². The van der Waals surface area contributed by atoms with Gasteiger partial charge >= 0.3 is 5.97 Å². The first-order valence-corrected chi connectivity index (χ1v) is 6.06. The molecule has 0 fully saturated rings. The van der Waals surface area contributed by atoms with E-state index in [1.165, 1.54) is 18.2 Å². The number of aromatic carboxylic acids is 1. The van der Waals surface area contributed by atoms with E-state index in [0.29, 0.717) is 16.0 Å². The van der Waals surface area contributed by atoms with Gasteiger partial charge in [-0.3, -0.25) is 0 Å². The molecule has 0 aliphatic rings. The first kappa shape index (κ1) is 13.4. The lowest BCUT2D eigenvalue weighted by Crippen LogP contribution is -2.04. The summed E-state index contributed by atoms with van der Waals surface area (Å²) in [6.07, 6.45) is 0. The van der Waals surface area contributed by atoms with Crippen LogP contribution in [0.15, 0.2) is 28.7 Å². The van der Waals surface area contributed by atoms with E-state index in [1.807, 2.05) is 6.92 Å². The van der Waals surface area contributed by atoms with Gasteiger partial charge in [-0.2, -0.15) is 0 Å². The molecule has 2 rings (SSSR count). The van der Waals surface area contributed by atoms with E-state index in [2.05, 4.69) is 31.4 Å². The highest BCUT2D eigenvalue weighted by molar-refractivity contribution is 9.10. The molecule has 1 aromatic carbocycles. The molecular formula is C12H9BrFN3O2. The molecule has 2 aromatic rings. The predicted molar refractivity (Wildman–Crippen MR) is 71.1 cm³/mol. The van der Waals surface area contributed by atoms with Crippen molar-refractivity contribution < 1.29 is 14.3 Å². The fourth-order valence-corrected chi connectivity index (χ4v) is 1.89. The average molecular weight is 326 g/mol. The summed E-state index contributed by atoms with van der Waals surface area (Å²) in [7, 11) is 0. The third-order valence-electron chi connectivity index (χ3n) is 2.41. The van der Waals surface area contributed by atoms with Gasteiger partial charge in [0, 0.05) is 5.69 Å². The maximum absolute atomic E-state index is 13.4. The second-order valence-corrected chi connectivity index (χ2v) is 4.67. The summed E-state index contributed by atoms with van der Waals surface area (Å²) in [5.41, 5.74) is 1.21. The number of carboxylic acid groups (broad SMARTS) is 1. The van der Waals surface area contributed by atoms with Crippen molar-refractivity contribution in [2.45, 2.75) is 6.92 Å². The normalized spacial score (nSPS) is 10.3. The van der Waals surface area contributed by atoms with Gasteiger partial charge in [0.15, 0.2) is 11.5 Å². The molecule has 0 amide bonds. The van der Waals surface area contributed by atoms with E-state index < -0.39 is 11.8 Å². The summed E-state index contributed by atoms with van der Waals surface area (Å²) < 4.78 is 13.8. The molecule has 0 radical (unpaired) electrons. The predicted octanol–water partition coefficient (Wildman–Crippen LogP) is 3.13. The number of carboxylic acids is 1. The number of benzene rings is 1. The highest BCUT2D eigenvalue weighted by atomic mass is 79.9. The smallest absolute Gasteiger partial charge is 0.356 e. The van der Waals surface area contributed by atoms with Crippen LogP contribution in [0.2, 0.25) is 0 Å². The van der Waals surface area contributed by atoms with Crippen molar-refractivity contribution in [1.29, 1.82) is 0 Å². The highest BCUT2D eigenvalue weighted by Gasteiger charge is 2.08. The van der Waals surface area contributed by atoms with Crippen LogP contribution in [0.25, 0.3) is 0 Å². The van der Waals surface area contributed by atoms with Crippen LogP contribution in [0.4, 0.5) is 15.9 Å². The maximum Gasteiger partial charge on any atom is 0.356 e. The standard InChI is InChI=1S/C12H9BrFN3O2/c1-6-4-7(13)8(14)5-10(6)15-11-3-2-9(12(18)19)16-17-11/h2-5H,1H3,(H,15,17)(H,18,19). The number of aryl methyl sites for hydroxylation is 1. The Hall–Kier alpha value is -2.02. The van der Waals surface area contributed by atoms with Crippen LogP contribution in [-0.2, 0) is 0 Å². The van der Waals surface area contributed by atoms with Gasteiger partial charge in [0.25, 0.3) is 0 Å². The molecule has 5 nitrogen and oxygen atoms in total. The molecule has 19 heavy (non-hydrogen) atoms. The number of anilines is 2. The number of rotatable bonds is 3. The monoisotopic (exact) mass is 325 g/mol. The van der Waals surface area contributed by atoms with Gasteiger partial charge < -0.3 is 10.4 Å². The molecule has 0 aliphatic carbocycles. The molecular weight excluding hydrogens is 317 g/mol. The first-order chi connectivity index (χ1) is 8.97. The molecule has 0 saturated heterocycles. The van der Waals surface area contributed by atoms with Crippen molar-refractivity contribution in [3.8, 4) is 0 Å². The van der Waals surface area contributed by atoms with Crippen LogP contribution in [0.3, 0.4) is 0 Å². The number of hydrogen-bond donors (Lipinski definition) is 2. The number of hydrogen-bond acceptors (Lipinski definition) is 4. The van der Waals surface area contributed by atoms with Crippen LogP contribution >= 0.6 is 15.9 Å². The second-order valence-electron chi connectivity index (χ2n) is 3.82. The summed E-state index contributed by atoms with van der Waals surface area (Å²) >= 11 is 3.10. The lowest BCUT2D eigenvalue weighted by atomic mass is 10.2. The minimum Gasteiger partial charge on any atom is -0.476 e. The fourth-order valence-electron chi connectivity index (χ4n) is 1.43. The molecule has 2 N–H and O–H groups in total. The summed E-state index contributed by atoms with van der Waals surface area (Å²) in [5, 5.41) is 18.8. The zero-order valence-corrected chi connectivity index (χ0v) is 11.4. The molecule has 98 valence electrons. The van der Waals surface area contributed by atoms with Crippen molar-refractivity contribution in [3.63, 3.8) is 0 Å². The highest BCUT2D eigenvalue weighted by Crippen LogP contribution is 2.25. The molecule has 1 aromatic heterocycles. The molecule has 0 bridgehead atoms. The van der Waals surface area contributed by atoms with Gasteiger partial charge in [-0.1, -0.05) is 0 Å². The quantitative estimate of drug-likeness (QED) is 0.906. The van der Waals surface area contributed by atoms with E-state index in [4.69, 9.17) is 5.11 Å². The van der Waals surface area contributed by atoms with E-state index >= 15 is 0 Å². The lowest BCUT2D eigenvalue weighted by molar-refractivity contribution is 0.0689. The molecule has 0 unspecified atom stereocenters. The van der Waals surface area contributed by atoms with Crippen LogP contribution in [-0.4, -0.2) is 21.3 Å². The third-order valence-corrected chi connectivity index (χ3v) is 3.02. The van der Waals surface area contributed by atoms with Crippen molar-refractivity contribution in [2.75, 3.05) is 5.32 Å². The number of nitrogens with zero attached hydrogens (tertiary/aromatic N) is 2. The van der Waals surface area contributed by atoms with E-state index in [0.717, 1.165) is 5.56 Å². The first-order valence-electron chi connectivity index (χ1n) is 5.27. The Kier molecular flexibility index (Phi) is 3.75. The van der Waals surface area contributed by atoms with Crippen molar-refractivity contribution in [3.05, 3.63) is 45.8 Å². The minimum absolute atomic E-state index is 0.149.